The van der Waals surface area contributed by atoms with Crippen molar-refractivity contribution in [3.05, 3.63) is 59.2 Å². The largest absolute Gasteiger partial charge is 0.490 e. The first-order valence-electron chi connectivity index (χ1n) is 9.31. The van der Waals surface area contributed by atoms with E-state index in [-0.39, 0.29) is 5.91 Å². The van der Waals surface area contributed by atoms with E-state index in [0.717, 1.165) is 6.42 Å². The molecule has 0 bridgehead atoms. The molecule has 0 aliphatic rings. The molecule has 1 N–H and O–H groups in total. The Labute approximate surface area is 156 Å². The number of rotatable bonds is 9. The smallest absolute Gasteiger partial charge is 0.251 e. The van der Waals surface area contributed by atoms with Gasteiger partial charge in [0.25, 0.3) is 5.91 Å². The summed E-state index contributed by atoms with van der Waals surface area (Å²) >= 11 is 0. The van der Waals surface area contributed by atoms with Crippen LogP contribution in [0.15, 0.2) is 42.5 Å². The SMILES string of the molecule is CCOc1ccc(C(=O)NCCc2ccc(C(C)C)cc2)cc1OCC. The molecule has 4 heteroatoms. The minimum atomic E-state index is -0.104. The molecule has 2 rings (SSSR count). The van der Waals surface area contributed by atoms with Crippen LogP contribution in [-0.4, -0.2) is 25.7 Å². The molecule has 0 radical (unpaired) electrons. The van der Waals surface area contributed by atoms with Gasteiger partial charge in [-0.1, -0.05) is 38.1 Å². The Morgan fingerprint density at radius 2 is 1.62 bits per heavy atom. The molecule has 0 atom stereocenters. The number of benzene rings is 2. The minimum Gasteiger partial charge on any atom is -0.490 e. The average molecular weight is 355 g/mol. The summed E-state index contributed by atoms with van der Waals surface area (Å²) in [7, 11) is 0. The molecule has 0 unspecified atom stereocenters. The maximum absolute atomic E-state index is 12.4. The Morgan fingerprint density at radius 3 is 2.23 bits per heavy atom. The zero-order chi connectivity index (χ0) is 18.9. The fourth-order valence-corrected chi connectivity index (χ4v) is 2.68. The van der Waals surface area contributed by atoms with Crippen molar-refractivity contribution in [2.75, 3.05) is 19.8 Å². The van der Waals surface area contributed by atoms with Crippen molar-refractivity contribution in [3.8, 4) is 11.5 Å². The number of hydrogen-bond acceptors (Lipinski definition) is 3. The number of carbonyl (C=O) groups is 1. The first kappa shape index (κ1) is 19.8. The predicted molar refractivity (Wildman–Crippen MR) is 105 cm³/mol. The van der Waals surface area contributed by atoms with Crippen LogP contribution in [0.5, 0.6) is 11.5 Å². The summed E-state index contributed by atoms with van der Waals surface area (Å²) in [6.45, 7) is 9.87. The maximum Gasteiger partial charge on any atom is 0.251 e. The van der Waals surface area contributed by atoms with Crippen molar-refractivity contribution in [1.82, 2.24) is 5.32 Å². The van der Waals surface area contributed by atoms with Gasteiger partial charge < -0.3 is 14.8 Å². The second-order valence-electron chi connectivity index (χ2n) is 6.43. The number of amides is 1. The first-order valence-corrected chi connectivity index (χ1v) is 9.31. The molecule has 0 heterocycles. The van der Waals surface area contributed by atoms with Gasteiger partial charge in [-0.05, 0) is 55.5 Å². The van der Waals surface area contributed by atoms with Gasteiger partial charge in [0, 0.05) is 12.1 Å². The van der Waals surface area contributed by atoms with E-state index in [1.54, 1.807) is 18.2 Å². The van der Waals surface area contributed by atoms with Crippen molar-refractivity contribution in [2.45, 2.75) is 40.0 Å². The molecule has 4 nitrogen and oxygen atoms in total. The lowest BCUT2D eigenvalue weighted by atomic mass is 10.0. The van der Waals surface area contributed by atoms with Gasteiger partial charge in [-0.3, -0.25) is 4.79 Å². The van der Waals surface area contributed by atoms with E-state index < -0.39 is 0 Å². The molecule has 2 aromatic carbocycles. The fraction of sp³-hybridized carbons (Fsp3) is 0.409. The zero-order valence-electron chi connectivity index (χ0n) is 16.2. The van der Waals surface area contributed by atoms with Gasteiger partial charge in [-0.25, -0.2) is 0 Å². The second-order valence-corrected chi connectivity index (χ2v) is 6.43. The van der Waals surface area contributed by atoms with E-state index >= 15 is 0 Å². The molecule has 0 saturated heterocycles. The fourth-order valence-electron chi connectivity index (χ4n) is 2.68. The summed E-state index contributed by atoms with van der Waals surface area (Å²) in [5.41, 5.74) is 3.12. The Kier molecular flexibility index (Phi) is 7.52. The highest BCUT2D eigenvalue weighted by molar-refractivity contribution is 5.94. The predicted octanol–water partition coefficient (Wildman–Crippen LogP) is 4.58. The minimum absolute atomic E-state index is 0.104. The molecule has 26 heavy (non-hydrogen) atoms. The van der Waals surface area contributed by atoms with Crippen LogP contribution < -0.4 is 14.8 Å². The van der Waals surface area contributed by atoms with E-state index in [9.17, 15) is 4.79 Å². The van der Waals surface area contributed by atoms with E-state index in [1.807, 2.05) is 13.8 Å². The molecule has 0 saturated carbocycles. The van der Waals surface area contributed by atoms with Crippen LogP contribution in [0.25, 0.3) is 0 Å². The molecular formula is C22H29NO3. The number of nitrogens with one attached hydrogen (secondary N) is 1. The van der Waals surface area contributed by atoms with E-state index in [4.69, 9.17) is 9.47 Å². The maximum atomic E-state index is 12.4. The highest BCUT2D eigenvalue weighted by Gasteiger charge is 2.11. The quantitative estimate of drug-likeness (QED) is 0.716. The van der Waals surface area contributed by atoms with E-state index in [2.05, 4.69) is 43.4 Å². The average Bonchev–Trinajstić information content (AvgIpc) is 2.64. The molecule has 2 aromatic rings. The van der Waals surface area contributed by atoms with E-state index in [1.165, 1.54) is 11.1 Å². The van der Waals surface area contributed by atoms with Crippen molar-refractivity contribution >= 4 is 5.91 Å². The lowest BCUT2D eigenvalue weighted by molar-refractivity contribution is 0.0953. The second kappa shape index (κ2) is 9.85. The van der Waals surface area contributed by atoms with Gasteiger partial charge in [0.15, 0.2) is 11.5 Å². The highest BCUT2D eigenvalue weighted by Crippen LogP contribution is 2.28. The standard InChI is InChI=1S/C22H29NO3/c1-5-25-20-12-11-19(15-21(20)26-6-2)22(24)23-14-13-17-7-9-18(10-8-17)16(3)4/h7-12,15-16H,5-6,13-14H2,1-4H3,(H,23,24). The van der Waals surface area contributed by atoms with Crippen LogP contribution >= 0.6 is 0 Å². The van der Waals surface area contributed by atoms with Crippen LogP contribution in [0, 0.1) is 0 Å². The number of hydrogen-bond donors (Lipinski definition) is 1. The first-order chi connectivity index (χ1) is 12.5. The third-order valence-corrected chi connectivity index (χ3v) is 4.15. The van der Waals surface area contributed by atoms with Gasteiger partial charge >= 0.3 is 0 Å². The third-order valence-electron chi connectivity index (χ3n) is 4.15. The lowest BCUT2D eigenvalue weighted by Crippen LogP contribution is -2.25. The molecule has 1 amide bonds. The summed E-state index contributed by atoms with van der Waals surface area (Å²) in [5, 5.41) is 2.97. The van der Waals surface area contributed by atoms with Gasteiger partial charge in [-0.15, -0.1) is 0 Å². The van der Waals surface area contributed by atoms with Crippen molar-refractivity contribution in [1.29, 1.82) is 0 Å². The van der Waals surface area contributed by atoms with Crippen molar-refractivity contribution in [2.24, 2.45) is 0 Å². The highest BCUT2D eigenvalue weighted by atomic mass is 16.5. The van der Waals surface area contributed by atoms with Crippen molar-refractivity contribution in [3.63, 3.8) is 0 Å². The summed E-state index contributed by atoms with van der Waals surface area (Å²) < 4.78 is 11.1. The van der Waals surface area contributed by atoms with Crippen LogP contribution in [0.1, 0.15) is 55.1 Å². The lowest BCUT2D eigenvalue weighted by Gasteiger charge is -2.12. The molecule has 0 aromatic heterocycles. The molecular weight excluding hydrogens is 326 g/mol. The monoisotopic (exact) mass is 355 g/mol. The summed E-state index contributed by atoms with van der Waals surface area (Å²) in [6.07, 6.45) is 0.805. The van der Waals surface area contributed by atoms with Crippen molar-refractivity contribution < 1.29 is 14.3 Å². The molecule has 0 aliphatic heterocycles. The van der Waals surface area contributed by atoms with Gasteiger partial charge in [0.2, 0.25) is 0 Å². The topological polar surface area (TPSA) is 47.6 Å². The van der Waals surface area contributed by atoms with Crippen LogP contribution in [0.4, 0.5) is 0 Å². The molecule has 0 fully saturated rings. The Hall–Kier alpha value is -2.49. The van der Waals surface area contributed by atoms with Crippen LogP contribution in [-0.2, 0) is 6.42 Å². The van der Waals surface area contributed by atoms with Gasteiger partial charge in [-0.2, -0.15) is 0 Å². The summed E-state index contributed by atoms with van der Waals surface area (Å²) in [6, 6.07) is 13.9. The Balaban J connectivity index is 1.93. The van der Waals surface area contributed by atoms with Crippen LogP contribution in [0.3, 0.4) is 0 Å². The molecule has 140 valence electrons. The Morgan fingerprint density at radius 1 is 0.962 bits per heavy atom. The summed E-state index contributed by atoms with van der Waals surface area (Å²) in [4.78, 5) is 12.4. The number of carbonyl (C=O) groups excluding carboxylic acids is 1. The molecule has 0 spiro atoms. The normalized spacial score (nSPS) is 10.7. The molecule has 0 aliphatic carbocycles. The van der Waals surface area contributed by atoms with Gasteiger partial charge in [0.05, 0.1) is 13.2 Å². The Bertz CT molecular complexity index is 708. The van der Waals surface area contributed by atoms with E-state index in [0.29, 0.717) is 42.7 Å². The summed E-state index contributed by atoms with van der Waals surface area (Å²) in [5.74, 6) is 1.69. The third kappa shape index (κ3) is 5.51. The number of ether oxygens (including phenoxy) is 2. The van der Waals surface area contributed by atoms with Crippen LogP contribution in [0.2, 0.25) is 0 Å². The zero-order valence-corrected chi connectivity index (χ0v) is 16.2. The van der Waals surface area contributed by atoms with Gasteiger partial charge in [0.1, 0.15) is 0 Å².